The number of hydrogen-bond acceptors (Lipinski definition) is 2. The second-order valence-corrected chi connectivity index (χ2v) is 2.37. The third-order valence-corrected chi connectivity index (χ3v) is 1.60. The van der Waals surface area contributed by atoms with Crippen LogP contribution in [0.3, 0.4) is 0 Å². The van der Waals surface area contributed by atoms with Gasteiger partial charge in [0.2, 0.25) is 0 Å². The number of allylic oxidation sites excluding steroid dienone is 2. The molecule has 5 heteroatoms. The van der Waals surface area contributed by atoms with Crippen molar-refractivity contribution in [3.63, 3.8) is 0 Å². The quantitative estimate of drug-likeness (QED) is 0.627. The van der Waals surface area contributed by atoms with Gasteiger partial charge in [-0.15, -0.1) is 0 Å². The van der Waals surface area contributed by atoms with Gasteiger partial charge in [-0.1, -0.05) is 0 Å². The topological polar surface area (TPSA) is 35.9 Å². The van der Waals surface area contributed by atoms with Gasteiger partial charge in [0.05, 0.1) is 0 Å². The summed E-state index contributed by atoms with van der Waals surface area (Å²) in [5.41, 5.74) is -1.02. The van der Waals surface area contributed by atoms with Crippen molar-refractivity contribution in [1.29, 1.82) is 5.41 Å². The third kappa shape index (κ3) is 2.56. The van der Waals surface area contributed by atoms with Crippen molar-refractivity contribution in [2.24, 2.45) is 0 Å². The highest BCUT2D eigenvalue weighted by atomic mass is 19.4. The fraction of sp³-hybridized carbons (Fsp3) is 0.571. The molecule has 2 nitrogen and oxygen atoms in total. The first-order valence-corrected chi connectivity index (χ1v) is 3.32. The molecule has 0 aliphatic carbocycles. The Bertz CT molecular complexity index is 215. The summed E-state index contributed by atoms with van der Waals surface area (Å²) in [5.74, 6) is 0. The van der Waals surface area contributed by atoms with Gasteiger partial charge in [-0.2, -0.15) is 13.2 Å². The Morgan fingerprint density at radius 3 is 1.92 bits per heavy atom. The molecule has 0 bridgehead atoms. The first-order valence-electron chi connectivity index (χ1n) is 3.32. The highest BCUT2D eigenvalue weighted by molar-refractivity contribution is 6.01. The Labute approximate surface area is 69.0 Å². The maximum absolute atomic E-state index is 11.9. The van der Waals surface area contributed by atoms with Crippen LogP contribution in [0.5, 0.6) is 0 Å². The van der Waals surface area contributed by atoms with Crippen LogP contribution in [0.4, 0.5) is 13.2 Å². The fourth-order valence-corrected chi connectivity index (χ4v) is 0.588. The molecule has 0 spiro atoms. The molecular formula is C7H11F3N2. The molecule has 0 aromatic heterocycles. The number of rotatable bonds is 2. The molecule has 0 heterocycles. The van der Waals surface area contributed by atoms with E-state index in [4.69, 9.17) is 5.41 Å². The molecular weight excluding hydrogens is 169 g/mol. The summed E-state index contributed by atoms with van der Waals surface area (Å²) in [6.45, 7) is 2.76. The summed E-state index contributed by atoms with van der Waals surface area (Å²) in [4.78, 5) is 0. The van der Waals surface area contributed by atoms with E-state index in [0.717, 1.165) is 0 Å². The Morgan fingerprint density at radius 1 is 1.25 bits per heavy atom. The van der Waals surface area contributed by atoms with Crippen molar-refractivity contribution in [1.82, 2.24) is 5.32 Å². The lowest BCUT2D eigenvalue weighted by Crippen LogP contribution is -2.25. The minimum absolute atomic E-state index is 0.0787. The summed E-state index contributed by atoms with van der Waals surface area (Å²) in [7, 11) is 1.52. The largest absolute Gasteiger partial charge is 0.432 e. The monoisotopic (exact) mass is 180 g/mol. The van der Waals surface area contributed by atoms with E-state index >= 15 is 0 Å². The first-order chi connectivity index (χ1) is 5.30. The summed E-state index contributed by atoms with van der Waals surface area (Å²) in [6.07, 6.45) is -4.55. The zero-order chi connectivity index (χ0) is 9.94. The standard InChI is InChI=1S/C7H11F3N2/c1-4(5(2)12-3)6(11)7(8,9)10/h11-12H,1-3H3/b5-4-,11-6?. The van der Waals surface area contributed by atoms with E-state index in [1.807, 2.05) is 0 Å². The minimum atomic E-state index is -4.55. The van der Waals surface area contributed by atoms with Crippen LogP contribution in [0.15, 0.2) is 11.3 Å². The number of halogens is 3. The van der Waals surface area contributed by atoms with Crippen molar-refractivity contribution < 1.29 is 13.2 Å². The van der Waals surface area contributed by atoms with Gasteiger partial charge >= 0.3 is 6.18 Å². The average molecular weight is 180 g/mol. The number of nitrogens with one attached hydrogen (secondary N) is 2. The van der Waals surface area contributed by atoms with Crippen LogP contribution in [-0.2, 0) is 0 Å². The van der Waals surface area contributed by atoms with Crippen molar-refractivity contribution in [2.75, 3.05) is 7.05 Å². The fourth-order valence-electron chi connectivity index (χ4n) is 0.588. The van der Waals surface area contributed by atoms with Crippen LogP contribution in [-0.4, -0.2) is 18.9 Å². The molecule has 0 aromatic carbocycles. The van der Waals surface area contributed by atoms with E-state index in [0.29, 0.717) is 5.70 Å². The molecule has 0 unspecified atom stereocenters. The number of alkyl halides is 3. The maximum atomic E-state index is 11.9. The van der Waals surface area contributed by atoms with Gasteiger partial charge in [-0.05, 0) is 19.4 Å². The van der Waals surface area contributed by atoms with E-state index in [2.05, 4.69) is 5.32 Å². The lowest BCUT2D eigenvalue weighted by molar-refractivity contribution is -0.0590. The predicted molar refractivity (Wildman–Crippen MR) is 41.2 cm³/mol. The molecule has 0 aliphatic heterocycles. The second-order valence-electron chi connectivity index (χ2n) is 2.37. The molecule has 2 N–H and O–H groups in total. The van der Waals surface area contributed by atoms with E-state index in [9.17, 15) is 13.2 Å². The maximum Gasteiger partial charge on any atom is 0.432 e. The highest BCUT2D eigenvalue weighted by Gasteiger charge is 2.35. The smallest absolute Gasteiger partial charge is 0.391 e. The normalized spacial score (nSPS) is 13.8. The Morgan fingerprint density at radius 2 is 1.67 bits per heavy atom. The van der Waals surface area contributed by atoms with Gasteiger partial charge in [-0.3, -0.25) is 5.41 Å². The minimum Gasteiger partial charge on any atom is -0.391 e. The van der Waals surface area contributed by atoms with Crippen molar-refractivity contribution in [3.8, 4) is 0 Å². The predicted octanol–water partition coefficient (Wildman–Crippen LogP) is 2.08. The van der Waals surface area contributed by atoms with Crippen molar-refractivity contribution in [3.05, 3.63) is 11.3 Å². The van der Waals surface area contributed by atoms with Crippen LogP contribution in [0.2, 0.25) is 0 Å². The van der Waals surface area contributed by atoms with Crippen molar-refractivity contribution >= 4 is 5.71 Å². The van der Waals surface area contributed by atoms with E-state index in [1.165, 1.54) is 20.9 Å². The summed E-state index contributed by atoms with van der Waals surface area (Å²) in [6, 6.07) is 0. The zero-order valence-electron chi connectivity index (χ0n) is 7.13. The lowest BCUT2D eigenvalue weighted by Gasteiger charge is -2.11. The van der Waals surface area contributed by atoms with E-state index < -0.39 is 11.9 Å². The van der Waals surface area contributed by atoms with Gasteiger partial charge in [-0.25, -0.2) is 0 Å². The molecule has 12 heavy (non-hydrogen) atoms. The molecule has 0 aromatic rings. The summed E-state index contributed by atoms with van der Waals surface area (Å²) in [5, 5.41) is 9.31. The van der Waals surface area contributed by atoms with E-state index in [-0.39, 0.29) is 5.57 Å². The Hall–Kier alpha value is -1.00. The van der Waals surface area contributed by atoms with Gasteiger partial charge in [0.25, 0.3) is 0 Å². The molecule has 70 valence electrons. The lowest BCUT2D eigenvalue weighted by atomic mass is 10.1. The first kappa shape index (κ1) is 11.0. The number of hydrogen-bond donors (Lipinski definition) is 2. The Balaban J connectivity index is 4.74. The zero-order valence-corrected chi connectivity index (χ0v) is 7.13. The molecule has 0 amide bonds. The molecule has 0 atom stereocenters. The summed E-state index contributed by atoms with van der Waals surface area (Å²) >= 11 is 0. The average Bonchev–Trinajstić information content (AvgIpc) is 1.98. The van der Waals surface area contributed by atoms with Crippen LogP contribution < -0.4 is 5.32 Å². The van der Waals surface area contributed by atoms with Crippen LogP contribution in [0, 0.1) is 5.41 Å². The molecule has 0 aliphatic rings. The second kappa shape index (κ2) is 3.60. The highest BCUT2D eigenvalue weighted by Crippen LogP contribution is 2.21. The Kier molecular flexibility index (Phi) is 3.30. The van der Waals surface area contributed by atoms with Gasteiger partial charge in [0.1, 0.15) is 5.71 Å². The van der Waals surface area contributed by atoms with Crippen molar-refractivity contribution in [2.45, 2.75) is 20.0 Å². The molecule has 0 saturated heterocycles. The molecule has 0 rings (SSSR count). The van der Waals surface area contributed by atoms with Crippen LogP contribution >= 0.6 is 0 Å². The van der Waals surface area contributed by atoms with Crippen LogP contribution in [0.1, 0.15) is 13.8 Å². The molecule has 0 fully saturated rings. The molecule has 0 radical (unpaired) electrons. The molecule has 0 saturated carbocycles. The van der Waals surface area contributed by atoms with Gasteiger partial charge < -0.3 is 5.32 Å². The van der Waals surface area contributed by atoms with Gasteiger partial charge in [0, 0.05) is 12.7 Å². The van der Waals surface area contributed by atoms with Crippen LogP contribution in [0.25, 0.3) is 0 Å². The SMILES string of the molecule is CN/C(C)=C(/C)C(=N)C(F)(F)F. The van der Waals surface area contributed by atoms with E-state index in [1.54, 1.807) is 0 Å². The van der Waals surface area contributed by atoms with Gasteiger partial charge in [0.15, 0.2) is 0 Å². The third-order valence-electron chi connectivity index (χ3n) is 1.60. The summed E-state index contributed by atoms with van der Waals surface area (Å²) < 4.78 is 35.7.